The van der Waals surface area contributed by atoms with Gasteiger partial charge in [0.05, 0.1) is 10.7 Å². The summed E-state index contributed by atoms with van der Waals surface area (Å²) in [6.45, 7) is 12.3. The van der Waals surface area contributed by atoms with Crippen molar-refractivity contribution in [1.29, 1.82) is 0 Å². The molecular formula is C17H30N2S2. The Morgan fingerprint density at radius 1 is 1.33 bits per heavy atom. The molecule has 1 atom stereocenters. The van der Waals surface area contributed by atoms with E-state index in [1.807, 2.05) is 11.3 Å². The van der Waals surface area contributed by atoms with Gasteiger partial charge in [0.2, 0.25) is 0 Å². The Labute approximate surface area is 138 Å². The zero-order valence-electron chi connectivity index (χ0n) is 14.4. The first kappa shape index (κ1) is 17.3. The van der Waals surface area contributed by atoms with E-state index >= 15 is 0 Å². The van der Waals surface area contributed by atoms with Gasteiger partial charge in [-0.3, -0.25) is 0 Å². The van der Waals surface area contributed by atoms with Crippen LogP contribution in [0.15, 0.2) is 0 Å². The van der Waals surface area contributed by atoms with Crippen molar-refractivity contribution >= 4 is 23.1 Å². The molecule has 4 heteroatoms. The highest BCUT2D eigenvalue weighted by Gasteiger charge is 2.33. The maximum absolute atomic E-state index is 4.79. The largest absolute Gasteiger partial charge is 0.308 e. The zero-order valence-corrected chi connectivity index (χ0v) is 16.0. The molecule has 0 aromatic carbocycles. The Morgan fingerprint density at radius 2 is 1.95 bits per heavy atom. The molecule has 120 valence electrons. The molecule has 1 saturated carbocycles. The van der Waals surface area contributed by atoms with Gasteiger partial charge in [-0.15, -0.1) is 11.3 Å². The Hall–Kier alpha value is -0.0600. The molecule has 1 aromatic rings. The first-order chi connectivity index (χ1) is 9.77. The molecule has 0 spiro atoms. The van der Waals surface area contributed by atoms with Gasteiger partial charge in [0.15, 0.2) is 0 Å². The quantitative estimate of drug-likeness (QED) is 0.817. The number of nitrogens with one attached hydrogen (secondary N) is 1. The van der Waals surface area contributed by atoms with Crippen LogP contribution in [0.2, 0.25) is 0 Å². The first-order valence-corrected chi connectivity index (χ1v) is 10.1. The van der Waals surface area contributed by atoms with Crippen molar-refractivity contribution in [1.82, 2.24) is 10.3 Å². The van der Waals surface area contributed by atoms with Crippen molar-refractivity contribution in [2.45, 2.75) is 76.5 Å². The molecule has 2 rings (SSSR count). The van der Waals surface area contributed by atoms with Crippen LogP contribution < -0.4 is 5.32 Å². The average molecular weight is 327 g/mol. The van der Waals surface area contributed by atoms with Crippen LogP contribution in [0.5, 0.6) is 0 Å². The minimum Gasteiger partial charge on any atom is -0.308 e. The molecule has 1 aliphatic rings. The second-order valence-electron chi connectivity index (χ2n) is 7.42. The molecule has 1 N–H and O–H groups in total. The van der Waals surface area contributed by atoms with Gasteiger partial charge in [0.25, 0.3) is 0 Å². The van der Waals surface area contributed by atoms with Crippen molar-refractivity contribution < 1.29 is 0 Å². The lowest BCUT2D eigenvalue weighted by Gasteiger charge is -2.29. The third-order valence-corrected chi connectivity index (χ3v) is 7.73. The highest BCUT2D eigenvalue weighted by molar-refractivity contribution is 8.00. The van der Waals surface area contributed by atoms with E-state index in [0.29, 0.717) is 10.8 Å². The second kappa shape index (κ2) is 6.59. The molecule has 21 heavy (non-hydrogen) atoms. The van der Waals surface area contributed by atoms with Gasteiger partial charge in [-0.25, -0.2) is 4.98 Å². The SMILES string of the molecule is CSC1(CNC(C)c2sc(C(C)(C)C)nc2C)CCCC1. The minimum absolute atomic E-state index is 0.152. The summed E-state index contributed by atoms with van der Waals surface area (Å²) < 4.78 is 0.472. The summed E-state index contributed by atoms with van der Waals surface area (Å²) in [5, 5.41) is 5.04. The number of hydrogen-bond acceptors (Lipinski definition) is 4. The molecular weight excluding hydrogens is 296 g/mol. The Kier molecular flexibility index (Phi) is 5.43. The number of aromatic nitrogens is 1. The zero-order chi connectivity index (χ0) is 15.7. The van der Waals surface area contributed by atoms with Crippen LogP contribution >= 0.6 is 23.1 Å². The van der Waals surface area contributed by atoms with Gasteiger partial charge >= 0.3 is 0 Å². The smallest absolute Gasteiger partial charge is 0.0985 e. The lowest BCUT2D eigenvalue weighted by atomic mass is 9.98. The summed E-state index contributed by atoms with van der Waals surface area (Å²) in [5.41, 5.74) is 1.36. The molecule has 2 nitrogen and oxygen atoms in total. The van der Waals surface area contributed by atoms with E-state index in [-0.39, 0.29) is 5.41 Å². The summed E-state index contributed by atoms with van der Waals surface area (Å²) in [6.07, 6.45) is 7.79. The molecule has 0 radical (unpaired) electrons. The minimum atomic E-state index is 0.152. The van der Waals surface area contributed by atoms with Crippen LogP contribution in [-0.2, 0) is 5.41 Å². The van der Waals surface area contributed by atoms with Gasteiger partial charge in [-0.05, 0) is 32.9 Å². The molecule has 0 saturated heterocycles. The lowest BCUT2D eigenvalue weighted by Crippen LogP contribution is -2.36. The molecule has 1 heterocycles. The summed E-state index contributed by atoms with van der Waals surface area (Å²) in [7, 11) is 0. The normalized spacial score (nSPS) is 19.9. The molecule has 0 bridgehead atoms. The molecule has 1 fully saturated rings. The monoisotopic (exact) mass is 326 g/mol. The van der Waals surface area contributed by atoms with Crippen LogP contribution in [0.4, 0.5) is 0 Å². The molecule has 1 unspecified atom stereocenters. The maximum atomic E-state index is 4.79. The number of thiazole rings is 1. The summed E-state index contributed by atoms with van der Waals surface area (Å²) in [6, 6.07) is 0.406. The van der Waals surface area contributed by atoms with Crippen LogP contribution in [0.3, 0.4) is 0 Å². The van der Waals surface area contributed by atoms with E-state index in [4.69, 9.17) is 4.98 Å². The van der Waals surface area contributed by atoms with Gasteiger partial charge in [0.1, 0.15) is 0 Å². The third-order valence-electron chi connectivity index (χ3n) is 4.55. The summed E-state index contributed by atoms with van der Waals surface area (Å²) in [4.78, 5) is 6.20. The van der Waals surface area contributed by atoms with E-state index in [2.05, 4.69) is 58.0 Å². The fourth-order valence-corrected chi connectivity index (χ4v) is 5.11. The predicted molar refractivity (Wildman–Crippen MR) is 96.7 cm³/mol. The summed E-state index contributed by atoms with van der Waals surface area (Å²) in [5.74, 6) is 0. The molecule has 1 aromatic heterocycles. The van der Waals surface area contributed by atoms with Crippen molar-refractivity contribution in [3.63, 3.8) is 0 Å². The number of thioether (sulfide) groups is 1. The topological polar surface area (TPSA) is 24.9 Å². The molecule has 0 amide bonds. The Balaban J connectivity index is 2.03. The highest BCUT2D eigenvalue weighted by atomic mass is 32.2. The number of aryl methyl sites for hydroxylation is 1. The molecule has 0 aliphatic heterocycles. The van der Waals surface area contributed by atoms with Gasteiger partial charge < -0.3 is 5.32 Å². The van der Waals surface area contributed by atoms with E-state index in [1.54, 1.807) is 0 Å². The van der Waals surface area contributed by atoms with Crippen molar-refractivity contribution in [2.24, 2.45) is 0 Å². The van der Waals surface area contributed by atoms with E-state index in [1.165, 1.54) is 41.3 Å². The Morgan fingerprint density at radius 3 is 2.43 bits per heavy atom. The van der Waals surface area contributed by atoms with Crippen LogP contribution in [0, 0.1) is 6.92 Å². The predicted octanol–water partition coefficient (Wildman–Crippen LogP) is 5.08. The van der Waals surface area contributed by atoms with E-state index < -0.39 is 0 Å². The van der Waals surface area contributed by atoms with Crippen LogP contribution in [0.25, 0.3) is 0 Å². The third kappa shape index (κ3) is 4.02. The van der Waals surface area contributed by atoms with Crippen molar-refractivity contribution in [3.05, 3.63) is 15.6 Å². The number of rotatable bonds is 5. The second-order valence-corrected chi connectivity index (χ2v) is 9.72. The maximum Gasteiger partial charge on any atom is 0.0985 e. The molecule has 1 aliphatic carbocycles. The number of nitrogens with zero attached hydrogens (tertiary/aromatic N) is 1. The van der Waals surface area contributed by atoms with Crippen molar-refractivity contribution in [2.75, 3.05) is 12.8 Å². The standard InChI is InChI=1S/C17H30N2S2/c1-12(18-11-17(20-6)9-7-8-10-17)14-13(2)19-15(21-14)16(3,4)5/h12,18H,7-11H2,1-6H3. The van der Waals surface area contributed by atoms with Crippen molar-refractivity contribution in [3.8, 4) is 0 Å². The van der Waals surface area contributed by atoms with Crippen LogP contribution in [0.1, 0.15) is 75.0 Å². The average Bonchev–Trinajstić information content (AvgIpc) is 3.02. The van der Waals surface area contributed by atoms with Gasteiger partial charge in [0, 0.05) is 27.6 Å². The summed E-state index contributed by atoms with van der Waals surface area (Å²) >= 11 is 3.94. The lowest BCUT2D eigenvalue weighted by molar-refractivity contribution is 0.489. The van der Waals surface area contributed by atoms with Crippen LogP contribution in [-0.4, -0.2) is 22.5 Å². The fourth-order valence-electron chi connectivity index (χ4n) is 3.03. The number of hydrogen-bond donors (Lipinski definition) is 1. The fraction of sp³-hybridized carbons (Fsp3) is 0.824. The first-order valence-electron chi connectivity index (χ1n) is 8.04. The van der Waals surface area contributed by atoms with Gasteiger partial charge in [-0.2, -0.15) is 11.8 Å². The van der Waals surface area contributed by atoms with E-state index in [9.17, 15) is 0 Å². The van der Waals surface area contributed by atoms with E-state index in [0.717, 1.165) is 6.54 Å². The Bertz CT molecular complexity index is 468. The van der Waals surface area contributed by atoms with Gasteiger partial charge in [-0.1, -0.05) is 33.6 Å². The highest BCUT2D eigenvalue weighted by Crippen LogP contribution is 2.40.